The van der Waals surface area contributed by atoms with Gasteiger partial charge in [0.1, 0.15) is 4.88 Å². The molecule has 1 saturated carbocycles. The van der Waals surface area contributed by atoms with Gasteiger partial charge in [-0.05, 0) is 42.3 Å². The summed E-state index contributed by atoms with van der Waals surface area (Å²) in [7, 11) is 1.56. The Kier molecular flexibility index (Phi) is 5.28. The molecule has 0 spiro atoms. The van der Waals surface area contributed by atoms with Crippen LogP contribution >= 0.6 is 11.3 Å². The van der Waals surface area contributed by atoms with Crippen molar-refractivity contribution in [2.24, 2.45) is 0 Å². The van der Waals surface area contributed by atoms with Gasteiger partial charge in [-0.25, -0.2) is 0 Å². The smallest absolute Gasteiger partial charge is 0.379 e. The molecule has 1 aliphatic rings. The summed E-state index contributed by atoms with van der Waals surface area (Å²) in [6.45, 7) is 3.38. The lowest BCUT2D eigenvalue weighted by atomic mass is 10.1. The molecule has 2 atom stereocenters. The van der Waals surface area contributed by atoms with Crippen LogP contribution in [0.2, 0.25) is 0 Å². The third kappa shape index (κ3) is 3.52. The van der Waals surface area contributed by atoms with Gasteiger partial charge in [-0.3, -0.25) is 4.79 Å². The van der Waals surface area contributed by atoms with Gasteiger partial charge in [0.05, 0.1) is 12.1 Å². The number of amides is 1. The molecule has 0 N–H and O–H groups in total. The van der Waals surface area contributed by atoms with E-state index in [1.165, 1.54) is 16.3 Å². The third-order valence-electron chi connectivity index (χ3n) is 3.92. The van der Waals surface area contributed by atoms with E-state index >= 15 is 0 Å². The van der Waals surface area contributed by atoms with E-state index in [-0.39, 0.29) is 30.2 Å². The largest absolute Gasteiger partial charge is 0.425 e. The maximum atomic E-state index is 13.0. The summed E-state index contributed by atoms with van der Waals surface area (Å²) >= 11 is 0.647. The molecule has 122 valence electrons. The second kappa shape index (κ2) is 6.83. The topological polar surface area (TPSA) is 29.5 Å². The number of halogens is 3. The number of carbonyl (C=O) groups is 1. The van der Waals surface area contributed by atoms with Crippen LogP contribution in [-0.2, 0) is 22.3 Å². The maximum absolute atomic E-state index is 13.0. The molecule has 0 saturated heterocycles. The van der Waals surface area contributed by atoms with Gasteiger partial charge in [0.2, 0.25) is 5.91 Å². The highest BCUT2D eigenvalue weighted by Gasteiger charge is 2.38. The molecule has 1 aromatic heterocycles. The van der Waals surface area contributed by atoms with Crippen molar-refractivity contribution in [1.82, 2.24) is 4.90 Å². The van der Waals surface area contributed by atoms with Gasteiger partial charge in [-0.2, -0.15) is 13.2 Å². The van der Waals surface area contributed by atoms with Crippen LogP contribution in [0.1, 0.15) is 29.7 Å². The Morgan fingerprint density at radius 1 is 1.55 bits per heavy atom. The average Bonchev–Trinajstić information content (AvgIpc) is 3.11. The number of alkyl halides is 3. The minimum atomic E-state index is -4.40. The van der Waals surface area contributed by atoms with Crippen LogP contribution in [0.4, 0.5) is 13.2 Å². The number of rotatable bonds is 5. The van der Waals surface area contributed by atoms with Gasteiger partial charge < -0.3 is 9.64 Å². The van der Waals surface area contributed by atoms with Crippen molar-refractivity contribution >= 4 is 17.2 Å². The normalized spacial score (nSPS) is 21.8. The molecule has 0 aliphatic heterocycles. The summed E-state index contributed by atoms with van der Waals surface area (Å²) in [4.78, 5) is 12.9. The van der Waals surface area contributed by atoms with E-state index in [1.54, 1.807) is 7.11 Å². The van der Waals surface area contributed by atoms with E-state index in [2.05, 4.69) is 6.58 Å². The summed E-state index contributed by atoms with van der Waals surface area (Å²) in [6, 6.07) is 1.21. The summed E-state index contributed by atoms with van der Waals surface area (Å²) in [5.41, 5.74) is 0.120. The molecule has 22 heavy (non-hydrogen) atoms. The number of hydrogen-bond donors (Lipinski definition) is 0. The Balaban J connectivity index is 2.27. The van der Waals surface area contributed by atoms with Gasteiger partial charge in [-0.15, -0.1) is 11.3 Å². The van der Waals surface area contributed by atoms with Crippen LogP contribution in [0.3, 0.4) is 0 Å². The zero-order valence-corrected chi connectivity index (χ0v) is 13.0. The van der Waals surface area contributed by atoms with Crippen molar-refractivity contribution in [2.45, 2.75) is 44.1 Å². The third-order valence-corrected chi connectivity index (χ3v) is 4.92. The molecule has 7 heteroatoms. The van der Waals surface area contributed by atoms with Gasteiger partial charge in [0, 0.05) is 13.7 Å². The minimum absolute atomic E-state index is 0.0757. The zero-order valence-electron chi connectivity index (χ0n) is 12.2. The fourth-order valence-electron chi connectivity index (χ4n) is 2.91. The number of hydrogen-bond acceptors (Lipinski definition) is 3. The average molecular weight is 333 g/mol. The molecule has 3 nitrogen and oxygen atoms in total. The molecule has 1 aliphatic carbocycles. The van der Waals surface area contributed by atoms with Crippen LogP contribution in [0.15, 0.2) is 24.1 Å². The molecule has 0 radical (unpaired) electrons. The van der Waals surface area contributed by atoms with Gasteiger partial charge in [0.25, 0.3) is 0 Å². The second-order valence-corrected chi connectivity index (χ2v) is 6.13. The van der Waals surface area contributed by atoms with Crippen molar-refractivity contribution in [3.8, 4) is 0 Å². The number of ether oxygens (including phenoxy) is 1. The highest BCUT2D eigenvalue weighted by molar-refractivity contribution is 7.10. The van der Waals surface area contributed by atoms with Gasteiger partial charge in [0.15, 0.2) is 0 Å². The minimum Gasteiger partial charge on any atom is -0.379 e. The monoisotopic (exact) mass is 333 g/mol. The highest BCUT2D eigenvalue weighted by atomic mass is 32.1. The predicted octanol–water partition coefficient (Wildman–Crippen LogP) is 3.85. The molecule has 1 fully saturated rings. The molecule has 0 unspecified atom stereocenters. The zero-order chi connectivity index (χ0) is 16.3. The lowest BCUT2D eigenvalue weighted by Gasteiger charge is -2.32. The molecular weight excluding hydrogens is 315 g/mol. The van der Waals surface area contributed by atoms with E-state index in [9.17, 15) is 18.0 Å². The van der Waals surface area contributed by atoms with Crippen molar-refractivity contribution in [2.75, 3.05) is 7.11 Å². The summed E-state index contributed by atoms with van der Waals surface area (Å²) in [6.07, 6.45) is -0.980. The Hall–Kier alpha value is -1.34. The number of carbonyl (C=O) groups excluding carboxylic acids is 1. The predicted molar refractivity (Wildman–Crippen MR) is 78.5 cm³/mol. The van der Waals surface area contributed by atoms with Crippen LogP contribution in [0.5, 0.6) is 0 Å². The molecule has 0 aromatic carbocycles. The lowest BCUT2D eigenvalue weighted by molar-refractivity contribution is -0.137. The van der Waals surface area contributed by atoms with Crippen molar-refractivity contribution in [3.63, 3.8) is 0 Å². The van der Waals surface area contributed by atoms with E-state index in [1.807, 2.05) is 0 Å². The molecule has 2 rings (SSSR count). The lowest BCUT2D eigenvalue weighted by Crippen LogP contribution is -2.44. The Morgan fingerprint density at radius 2 is 2.27 bits per heavy atom. The summed E-state index contributed by atoms with van der Waals surface area (Å²) in [5, 5.41) is 1.40. The van der Waals surface area contributed by atoms with Crippen LogP contribution in [0.25, 0.3) is 0 Å². The second-order valence-electron chi connectivity index (χ2n) is 5.22. The van der Waals surface area contributed by atoms with E-state index in [4.69, 9.17) is 4.74 Å². The molecular formula is C15H18F3NO2S. The Bertz CT molecular complexity index is 541. The summed E-state index contributed by atoms with van der Waals surface area (Å²) < 4.78 is 44.4. The van der Waals surface area contributed by atoms with E-state index in [0.29, 0.717) is 11.3 Å². The quantitative estimate of drug-likeness (QED) is 0.766. The number of methoxy groups -OCH3 is 1. The standard InChI is InChI=1S/C15H18F3NO2S/c1-3-13(20)19(11-5-4-6-12(11)21-2)9-10-7-8-22-14(10)15(16,17)18/h3,7-8,11-12H,1,4-6,9H2,2H3/t11-,12+/m0/s1. The molecule has 1 amide bonds. The first-order chi connectivity index (χ1) is 10.4. The molecule has 1 heterocycles. The first-order valence-corrected chi connectivity index (χ1v) is 7.85. The fraction of sp³-hybridized carbons (Fsp3) is 0.533. The highest BCUT2D eigenvalue weighted by Crippen LogP contribution is 2.37. The molecule has 1 aromatic rings. The van der Waals surface area contributed by atoms with E-state index < -0.39 is 11.1 Å². The van der Waals surface area contributed by atoms with Crippen molar-refractivity contribution < 1.29 is 22.7 Å². The first kappa shape index (κ1) is 17.0. The van der Waals surface area contributed by atoms with Gasteiger partial charge in [-0.1, -0.05) is 6.58 Å². The van der Waals surface area contributed by atoms with Crippen LogP contribution in [0, 0.1) is 0 Å². The fourth-order valence-corrected chi connectivity index (χ4v) is 3.69. The SMILES string of the molecule is C=CC(=O)N(Cc1ccsc1C(F)(F)F)[C@H]1CCC[C@H]1OC. The Labute approximate surface area is 131 Å². The van der Waals surface area contributed by atoms with Crippen LogP contribution < -0.4 is 0 Å². The molecule has 0 bridgehead atoms. The Morgan fingerprint density at radius 3 is 2.86 bits per heavy atom. The first-order valence-electron chi connectivity index (χ1n) is 6.98. The maximum Gasteiger partial charge on any atom is 0.425 e. The van der Waals surface area contributed by atoms with E-state index in [0.717, 1.165) is 25.3 Å². The van der Waals surface area contributed by atoms with Crippen LogP contribution in [-0.4, -0.2) is 30.1 Å². The van der Waals surface area contributed by atoms with Crippen molar-refractivity contribution in [3.05, 3.63) is 34.5 Å². The van der Waals surface area contributed by atoms with Gasteiger partial charge >= 0.3 is 6.18 Å². The van der Waals surface area contributed by atoms with Crippen molar-refractivity contribution in [1.29, 1.82) is 0 Å². The number of thiophene rings is 1. The number of nitrogens with zero attached hydrogens (tertiary/aromatic N) is 1. The summed E-state index contributed by atoms with van der Waals surface area (Å²) in [5.74, 6) is -0.367.